The van der Waals surface area contributed by atoms with Crippen molar-refractivity contribution in [1.29, 1.82) is 0 Å². The minimum atomic E-state index is -1.79. The molecule has 0 aliphatic rings. The summed E-state index contributed by atoms with van der Waals surface area (Å²) in [4.78, 5) is 45.3. The molecule has 1 atom stereocenters. The second-order valence-electron chi connectivity index (χ2n) is 9.70. The molecule has 4 heterocycles. The zero-order valence-electron chi connectivity index (χ0n) is 25.9. The Hall–Kier alpha value is -5.44. The van der Waals surface area contributed by atoms with Crippen LogP contribution in [0.1, 0.15) is 34.1 Å². The lowest BCUT2D eigenvalue weighted by molar-refractivity contribution is -0.152. The zero-order chi connectivity index (χ0) is 33.4. The number of ether oxygens (including phenoxy) is 2. The zero-order valence-corrected chi connectivity index (χ0v) is 25.9. The second kappa shape index (κ2) is 18.3. The molecule has 0 amide bonds. The molecule has 15 heteroatoms. The van der Waals surface area contributed by atoms with E-state index in [1.165, 1.54) is 0 Å². The quantitative estimate of drug-likeness (QED) is 0.161. The van der Waals surface area contributed by atoms with Crippen LogP contribution in [0.4, 0.5) is 11.6 Å². The predicted octanol–water partition coefficient (Wildman–Crippen LogP) is 3.64. The van der Waals surface area contributed by atoms with Crippen LogP contribution >= 0.6 is 0 Å². The molecule has 0 fully saturated rings. The molecule has 4 rings (SSSR count). The number of nitrogens with one attached hydrogen (secondary N) is 2. The number of aliphatic hydroxyl groups excluding tert-OH is 1. The summed E-state index contributed by atoms with van der Waals surface area (Å²) >= 11 is 0. The standard InChI is InChI=1S/2C13H16N4O.C4H6O5/c2*1-9(2)16-13-11(18-3)8-15-12(17-13)10-6-4-5-7-14-10;5-2(4(8)9)1-3(6)7/h2*4-9H,1-3H3,(H,15,16,17);2,5H,1H2,(H,6,7)(H,8,9). The van der Waals surface area contributed by atoms with E-state index in [4.69, 9.17) is 24.8 Å². The van der Waals surface area contributed by atoms with Gasteiger partial charge in [0, 0.05) is 24.5 Å². The lowest BCUT2D eigenvalue weighted by Crippen LogP contribution is -2.22. The molecule has 0 saturated heterocycles. The fourth-order valence-corrected chi connectivity index (χ4v) is 3.28. The van der Waals surface area contributed by atoms with E-state index in [9.17, 15) is 9.59 Å². The SMILES string of the molecule is COc1cnc(-c2ccccn2)nc1NC(C)C.COc1cnc(-c2ccccn2)nc1NC(C)C.O=C(O)CC(O)C(=O)O. The Labute approximate surface area is 260 Å². The molecule has 240 valence electrons. The smallest absolute Gasteiger partial charge is 0.333 e. The van der Waals surface area contributed by atoms with Crippen molar-refractivity contribution < 1.29 is 34.4 Å². The van der Waals surface area contributed by atoms with Crippen LogP contribution in [0.3, 0.4) is 0 Å². The summed E-state index contributed by atoms with van der Waals surface area (Å²) < 4.78 is 10.5. The number of carboxylic acids is 2. The van der Waals surface area contributed by atoms with E-state index in [2.05, 4.69) is 40.5 Å². The van der Waals surface area contributed by atoms with E-state index in [1.54, 1.807) is 39.0 Å². The van der Waals surface area contributed by atoms with E-state index < -0.39 is 24.5 Å². The van der Waals surface area contributed by atoms with Gasteiger partial charge in [-0.15, -0.1) is 0 Å². The van der Waals surface area contributed by atoms with Crippen molar-refractivity contribution in [2.45, 2.75) is 52.3 Å². The van der Waals surface area contributed by atoms with Crippen LogP contribution in [-0.2, 0) is 9.59 Å². The summed E-state index contributed by atoms with van der Waals surface area (Å²) in [5.74, 6) is 0.944. The van der Waals surface area contributed by atoms with Gasteiger partial charge >= 0.3 is 11.9 Å². The minimum Gasteiger partial charge on any atom is -0.491 e. The van der Waals surface area contributed by atoms with Gasteiger partial charge in [-0.1, -0.05) is 12.1 Å². The highest BCUT2D eigenvalue weighted by Gasteiger charge is 2.16. The minimum absolute atomic E-state index is 0.269. The molecule has 0 aromatic carbocycles. The number of methoxy groups -OCH3 is 2. The average molecular weight is 623 g/mol. The van der Waals surface area contributed by atoms with Crippen molar-refractivity contribution in [3.05, 3.63) is 61.2 Å². The van der Waals surface area contributed by atoms with Crippen molar-refractivity contribution in [2.75, 3.05) is 24.9 Å². The fraction of sp³-hybridized carbons (Fsp3) is 0.333. The van der Waals surface area contributed by atoms with E-state index in [0.29, 0.717) is 34.8 Å². The topological polar surface area (TPSA) is 215 Å². The van der Waals surface area contributed by atoms with Gasteiger partial charge in [0.05, 0.1) is 33.0 Å². The number of hydrogen-bond donors (Lipinski definition) is 5. The van der Waals surface area contributed by atoms with E-state index in [-0.39, 0.29) is 12.1 Å². The van der Waals surface area contributed by atoms with Crippen LogP contribution in [0.15, 0.2) is 61.2 Å². The van der Waals surface area contributed by atoms with E-state index >= 15 is 0 Å². The molecule has 0 aliphatic carbocycles. The summed E-state index contributed by atoms with van der Waals surface area (Å²) in [6.07, 6.45) is 4.21. The Kier molecular flexibility index (Phi) is 14.5. The number of nitrogens with zero attached hydrogens (tertiary/aromatic N) is 6. The largest absolute Gasteiger partial charge is 0.491 e. The number of aromatic nitrogens is 6. The van der Waals surface area contributed by atoms with Crippen molar-refractivity contribution in [3.63, 3.8) is 0 Å². The lowest BCUT2D eigenvalue weighted by Gasteiger charge is -2.13. The first kappa shape index (κ1) is 35.8. The van der Waals surface area contributed by atoms with Crippen LogP contribution in [0.25, 0.3) is 23.0 Å². The van der Waals surface area contributed by atoms with E-state index in [1.807, 2.05) is 64.1 Å². The number of carboxylic acid groups (broad SMARTS) is 2. The number of anilines is 2. The Morgan fingerprint density at radius 1 is 0.733 bits per heavy atom. The highest BCUT2D eigenvalue weighted by atomic mass is 16.5. The number of carbonyl (C=O) groups is 2. The molecule has 0 spiro atoms. The Morgan fingerprint density at radius 2 is 1.16 bits per heavy atom. The van der Waals surface area contributed by atoms with Gasteiger partial charge in [-0.05, 0) is 52.0 Å². The molecule has 0 saturated carbocycles. The molecular weight excluding hydrogens is 584 g/mol. The first-order chi connectivity index (χ1) is 21.4. The molecule has 0 bridgehead atoms. The van der Waals surface area contributed by atoms with Crippen molar-refractivity contribution in [2.24, 2.45) is 0 Å². The fourth-order valence-electron chi connectivity index (χ4n) is 3.28. The molecule has 0 aliphatic heterocycles. The molecule has 4 aromatic heterocycles. The first-order valence-electron chi connectivity index (χ1n) is 13.8. The maximum absolute atomic E-state index is 9.72. The van der Waals surface area contributed by atoms with Gasteiger partial charge in [0.1, 0.15) is 11.4 Å². The number of hydrogen-bond acceptors (Lipinski definition) is 13. The molecule has 0 radical (unpaired) electrons. The second-order valence-corrected chi connectivity index (χ2v) is 9.70. The number of pyridine rings is 2. The number of rotatable bonds is 11. The van der Waals surface area contributed by atoms with Crippen LogP contribution in [0.2, 0.25) is 0 Å². The third-order valence-electron chi connectivity index (χ3n) is 5.24. The highest BCUT2D eigenvalue weighted by molar-refractivity contribution is 5.79. The Bertz CT molecular complexity index is 1400. The van der Waals surface area contributed by atoms with Gasteiger partial charge in [0.2, 0.25) is 0 Å². The summed E-state index contributed by atoms with van der Waals surface area (Å²) in [7, 11) is 3.20. The van der Waals surface area contributed by atoms with Crippen LogP contribution in [0.5, 0.6) is 11.5 Å². The normalized spacial score (nSPS) is 10.9. The van der Waals surface area contributed by atoms with Crippen LogP contribution < -0.4 is 20.1 Å². The number of aliphatic carboxylic acids is 2. The summed E-state index contributed by atoms with van der Waals surface area (Å²) in [6, 6.07) is 11.8. The maximum atomic E-state index is 9.72. The van der Waals surface area contributed by atoms with Gasteiger partial charge in [-0.3, -0.25) is 14.8 Å². The average Bonchev–Trinajstić information content (AvgIpc) is 3.01. The van der Waals surface area contributed by atoms with Gasteiger partial charge in [-0.2, -0.15) is 0 Å². The molecular formula is C30H38N8O7. The van der Waals surface area contributed by atoms with Crippen LogP contribution in [0, 0.1) is 0 Å². The summed E-state index contributed by atoms with van der Waals surface area (Å²) in [6.45, 7) is 8.17. The maximum Gasteiger partial charge on any atom is 0.333 e. The van der Waals surface area contributed by atoms with Gasteiger partial charge in [0.25, 0.3) is 0 Å². The predicted molar refractivity (Wildman–Crippen MR) is 167 cm³/mol. The Balaban J connectivity index is 0.000000250. The molecule has 1 unspecified atom stereocenters. The highest BCUT2D eigenvalue weighted by Crippen LogP contribution is 2.25. The molecule has 45 heavy (non-hydrogen) atoms. The Morgan fingerprint density at radius 3 is 1.42 bits per heavy atom. The van der Waals surface area contributed by atoms with Crippen molar-refractivity contribution in [1.82, 2.24) is 29.9 Å². The van der Waals surface area contributed by atoms with Gasteiger partial charge in [-0.25, -0.2) is 24.7 Å². The first-order valence-corrected chi connectivity index (χ1v) is 13.8. The van der Waals surface area contributed by atoms with Crippen molar-refractivity contribution >= 4 is 23.6 Å². The monoisotopic (exact) mass is 622 g/mol. The molecule has 15 nitrogen and oxygen atoms in total. The summed E-state index contributed by atoms with van der Waals surface area (Å²) in [5, 5.41) is 30.6. The number of aliphatic hydroxyl groups is 1. The summed E-state index contributed by atoms with van der Waals surface area (Å²) in [5.41, 5.74) is 1.49. The molecule has 4 aromatic rings. The van der Waals surface area contributed by atoms with E-state index in [0.717, 1.165) is 11.4 Å². The third-order valence-corrected chi connectivity index (χ3v) is 5.24. The van der Waals surface area contributed by atoms with Crippen LogP contribution in [-0.4, -0.2) is 89.6 Å². The van der Waals surface area contributed by atoms with Gasteiger partial charge < -0.3 is 35.4 Å². The third kappa shape index (κ3) is 12.4. The lowest BCUT2D eigenvalue weighted by atomic mass is 10.3. The molecule has 5 N–H and O–H groups in total. The van der Waals surface area contributed by atoms with Crippen molar-refractivity contribution in [3.8, 4) is 34.5 Å². The van der Waals surface area contributed by atoms with Gasteiger partial charge in [0.15, 0.2) is 40.9 Å².